The van der Waals surface area contributed by atoms with Crippen LogP contribution in [0.5, 0.6) is 5.75 Å². The molecule has 0 saturated carbocycles. The molecule has 0 amide bonds. The van der Waals surface area contributed by atoms with Crippen LogP contribution >= 0.6 is 0 Å². The van der Waals surface area contributed by atoms with E-state index in [9.17, 15) is 9.59 Å². The fourth-order valence-corrected chi connectivity index (χ4v) is 3.57. The number of nitrogens with one attached hydrogen (secondary N) is 1. The van der Waals surface area contributed by atoms with Crippen molar-refractivity contribution < 1.29 is 19.1 Å². The van der Waals surface area contributed by atoms with Crippen LogP contribution in [0.3, 0.4) is 0 Å². The van der Waals surface area contributed by atoms with E-state index in [2.05, 4.69) is 4.98 Å². The van der Waals surface area contributed by atoms with Gasteiger partial charge in [0.05, 0.1) is 0 Å². The molecule has 0 aliphatic heterocycles. The zero-order chi connectivity index (χ0) is 21.8. The van der Waals surface area contributed by atoms with Gasteiger partial charge in [-0.2, -0.15) is 0 Å². The molecule has 5 nitrogen and oxygen atoms in total. The van der Waals surface area contributed by atoms with Crippen LogP contribution in [0.4, 0.5) is 0 Å². The Morgan fingerprint density at radius 2 is 1.58 bits per heavy atom. The lowest BCUT2D eigenvalue weighted by Crippen LogP contribution is -2.25. The fraction of sp³-hybridized carbons (Fsp3) is 0.154. The highest BCUT2D eigenvalue weighted by Gasteiger charge is 2.26. The van der Waals surface area contributed by atoms with E-state index in [-0.39, 0.29) is 11.3 Å². The highest BCUT2D eigenvalue weighted by molar-refractivity contribution is 6.11. The first kappa shape index (κ1) is 20.4. The second-order valence-corrected chi connectivity index (χ2v) is 7.35. The molecule has 1 heterocycles. The first-order chi connectivity index (χ1) is 15.0. The maximum atomic E-state index is 13.1. The van der Waals surface area contributed by atoms with Crippen molar-refractivity contribution in [1.82, 2.24) is 4.98 Å². The van der Waals surface area contributed by atoms with E-state index in [0.717, 1.165) is 22.2 Å². The standard InChI is InChI=1S/C26H23NO4/c1-17-24(20-12-6-8-14-22(20)27-17)25(28)18(2)31-26(29)21-13-7-9-15-23(21)30-16-19-10-4-3-5-11-19/h3-15,18,27H,16H2,1-2H3/t18-/m1/s1. The quantitative estimate of drug-likeness (QED) is 0.322. The summed E-state index contributed by atoms with van der Waals surface area (Å²) in [6, 6.07) is 24.2. The van der Waals surface area contributed by atoms with Gasteiger partial charge in [-0.1, -0.05) is 60.7 Å². The largest absolute Gasteiger partial charge is 0.488 e. The van der Waals surface area contributed by atoms with Gasteiger partial charge in [0.25, 0.3) is 0 Å². The van der Waals surface area contributed by atoms with Crippen molar-refractivity contribution in [3.8, 4) is 5.75 Å². The molecule has 0 aliphatic rings. The lowest BCUT2D eigenvalue weighted by atomic mass is 10.0. The third-order valence-corrected chi connectivity index (χ3v) is 5.14. The summed E-state index contributed by atoms with van der Waals surface area (Å²) in [5, 5.41) is 0.819. The number of aromatic nitrogens is 1. The summed E-state index contributed by atoms with van der Waals surface area (Å²) in [6.45, 7) is 3.76. The van der Waals surface area contributed by atoms with E-state index in [0.29, 0.717) is 17.9 Å². The minimum absolute atomic E-state index is 0.244. The smallest absolute Gasteiger partial charge is 0.342 e. The molecule has 1 N–H and O–H groups in total. The molecule has 4 rings (SSSR count). The molecule has 0 bridgehead atoms. The van der Waals surface area contributed by atoms with Crippen LogP contribution < -0.4 is 4.74 Å². The predicted molar refractivity (Wildman–Crippen MR) is 119 cm³/mol. The van der Waals surface area contributed by atoms with Crippen molar-refractivity contribution in [2.75, 3.05) is 0 Å². The van der Waals surface area contributed by atoms with Crippen molar-refractivity contribution >= 4 is 22.7 Å². The van der Waals surface area contributed by atoms with Crippen LogP contribution in [0, 0.1) is 6.92 Å². The SMILES string of the molecule is Cc1[nH]c2ccccc2c1C(=O)[C@@H](C)OC(=O)c1ccccc1OCc1ccccc1. The first-order valence-corrected chi connectivity index (χ1v) is 10.1. The summed E-state index contributed by atoms with van der Waals surface area (Å²) in [5.41, 5.74) is 3.45. The minimum atomic E-state index is -0.937. The van der Waals surface area contributed by atoms with E-state index >= 15 is 0 Å². The molecule has 4 aromatic rings. The van der Waals surface area contributed by atoms with Crippen molar-refractivity contribution in [3.63, 3.8) is 0 Å². The van der Waals surface area contributed by atoms with Gasteiger partial charge in [0.15, 0.2) is 6.10 Å². The number of H-pyrrole nitrogens is 1. The molecule has 0 aliphatic carbocycles. The van der Waals surface area contributed by atoms with Gasteiger partial charge in [-0.05, 0) is 37.6 Å². The Kier molecular flexibility index (Phi) is 5.85. The Labute approximate surface area is 180 Å². The molecule has 0 saturated heterocycles. The number of carbonyl (C=O) groups excluding carboxylic acids is 2. The highest BCUT2D eigenvalue weighted by Crippen LogP contribution is 2.25. The average Bonchev–Trinajstić information content (AvgIpc) is 3.13. The van der Waals surface area contributed by atoms with Crippen molar-refractivity contribution in [1.29, 1.82) is 0 Å². The van der Waals surface area contributed by atoms with Crippen LogP contribution in [-0.4, -0.2) is 22.8 Å². The summed E-state index contributed by atoms with van der Waals surface area (Å²) in [6.07, 6.45) is -0.937. The Morgan fingerprint density at radius 3 is 2.39 bits per heavy atom. The molecular formula is C26H23NO4. The zero-order valence-electron chi connectivity index (χ0n) is 17.4. The Morgan fingerprint density at radius 1 is 0.903 bits per heavy atom. The Bertz CT molecular complexity index is 1230. The second kappa shape index (κ2) is 8.88. The molecular weight excluding hydrogens is 390 g/mol. The molecule has 1 atom stereocenters. The number of fused-ring (bicyclic) bond motifs is 1. The maximum absolute atomic E-state index is 13.1. The number of benzene rings is 3. The molecule has 156 valence electrons. The Hall–Kier alpha value is -3.86. The summed E-state index contributed by atoms with van der Waals surface area (Å²) >= 11 is 0. The van der Waals surface area contributed by atoms with Gasteiger partial charge in [0, 0.05) is 22.2 Å². The van der Waals surface area contributed by atoms with Crippen molar-refractivity contribution in [3.05, 3.63) is 101 Å². The summed E-state index contributed by atoms with van der Waals surface area (Å²) in [7, 11) is 0. The fourth-order valence-electron chi connectivity index (χ4n) is 3.57. The average molecular weight is 413 g/mol. The number of carbonyl (C=O) groups is 2. The van der Waals surface area contributed by atoms with E-state index in [4.69, 9.17) is 9.47 Å². The number of hydrogen-bond acceptors (Lipinski definition) is 4. The van der Waals surface area contributed by atoms with Gasteiger partial charge in [-0.15, -0.1) is 0 Å². The van der Waals surface area contributed by atoms with Gasteiger partial charge in [-0.25, -0.2) is 4.79 Å². The second-order valence-electron chi connectivity index (χ2n) is 7.35. The number of ether oxygens (including phenoxy) is 2. The lowest BCUT2D eigenvalue weighted by molar-refractivity contribution is 0.0315. The summed E-state index contributed by atoms with van der Waals surface area (Å²) < 4.78 is 11.4. The monoisotopic (exact) mass is 413 g/mol. The van der Waals surface area contributed by atoms with Crippen LogP contribution in [0.25, 0.3) is 10.9 Å². The minimum Gasteiger partial charge on any atom is -0.488 e. The summed E-state index contributed by atoms with van der Waals surface area (Å²) in [5.74, 6) is -0.424. The third kappa shape index (κ3) is 4.36. The number of esters is 1. The maximum Gasteiger partial charge on any atom is 0.342 e. The Balaban J connectivity index is 1.50. The van der Waals surface area contributed by atoms with Gasteiger partial charge >= 0.3 is 5.97 Å². The van der Waals surface area contributed by atoms with Crippen molar-refractivity contribution in [2.45, 2.75) is 26.6 Å². The molecule has 0 unspecified atom stereocenters. The predicted octanol–water partition coefficient (Wildman–Crippen LogP) is 5.48. The molecule has 31 heavy (non-hydrogen) atoms. The number of rotatable bonds is 7. The molecule has 3 aromatic carbocycles. The molecule has 1 aromatic heterocycles. The van der Waals surface area contributed by atoms with Gasteiger partial charge < -0.3 is 14.5 Å². The van der Waals surface area contributed by atoms with Crippen molar-refractivity contribution in [2.24, 2.45) is 0 Å². The molecule has 0 fully saturated rings. The van der Waals surface area contributed by atoms with Crippen LogP contribution in [0.2, 0.25) is 0 Å². The van der Waals surface area contributed by atoms with Gasteiger partial charge in [0.2, 0.25) is 5.78 Å². The van der Waals surface area contributed by atoms with E-state index < -0.39 is 12.1 Å². The first-order valence-electron chi connectivity index (χ1n) is 10.1. The van der Waals surface area contributed by atoms with Gasteiger partial charge in [-0.3, -0.25) is 4.79 Å². The summed E-state index contributed by atoms with van der Waals surface area (Å²) in [4.78, 5) is 29.1. The topological polar surface area (TPSA) is 68.4 Å². The number of ketones is 1. The number of hydrogen-bond donors (Lipinski definition) is 1. The molecule has 5 heteroatoms. The normalized spacial score (nSPS) is 11.8. The number of aromatic amines is 1. The van der Waals surface area contributed by atoms with Crippen LogP contribution in [-0.2, 0) is 11.3 Å². The molecule has 0 radical (unpaired) electrons. The zero-order valence-corrected chi connectivity index (χ0v) is 17.4. The number of Topliss-reactive ketones (excluding diaryl/α,β-unsaturated/α-hetero) is 1. The third-order valence-electron chi connectivity index (χ3n) is 5.14. The number of aryl methyl sites for hydroxylation is 1. The number of para-hydroxylation sites is 2. The van der Waals surface area contributed by atoms with E-state index in [1.54, 1.807) is 31.2 Å². The van der Waals surface area contributed by atoms with Crippen LogP contribution in [0.15, 0.2) is 78.9 Å². The van der Waals surface area contributed by atoms with Crippen LogP contribution in [0.1, 0.15) is 38.9 Å². The van der Waals surface area contributed by atoms with E-state index in [1.165, 1.54) is 0 Å². The van der Waals surface area contributed by atoms with Gasteiger partial charge in [0.1, 0.15) is 17.9 Å². The molecule has 0 spiro atoms. The van der Waals surface area contributed by atoms with E-state index in [1.807, 2.05) is 61.5 Å². The highest BCUT2D eigenvalue weighted by atomic mass is 16.5. The lowest BCUT2D eigenvalue weighted by Gasteiger charge is -2.15.